The fraction of sp³-hybridized carbons (Fsp3) is 0.105. The zero-order valence-corrected chi connectivity index (χ0v) is 24.8. The van der Waals surface area contributed by atoms with E-state index in [1.54, 1.807) is 0 Å². The second kappa shape index (κ2) is 12.3. The highest BCUT2D eigenvalue weighted by molar-refractivity contribution is 7.74. The quantitative estimate of drug-likeness (QED) is 0.153. The molecule has 0 fully saturated rings. The molecule has 40 heavy (non-hydrogen) atoms. The molecule has 0 amide bonds. The molecule has 0 unspecified atom stereocenters. The zero-order valence-electron chi connectivity index (χ0n) is 23.1. The summed E-state index contributed by atoms with van der Waals surface area (Å²) in [6, 6.07) is 44.4. The maximum Gasteiger partial charge on any atom is -0.00663 e. The number of benzene rings is 4. The molecule has 0 N–H and O–H groups in total. The van der Waals surface area contributed by atoms with Gasteiger partial charge in [0.1, 0.15) is 0 Å². The zero-order chi connectivity index (χ0) is 27.3. The molecule has 4 aromatic carbocycles. The Morgan fingerprint density at radius 2 is 1.05 bits per heavy atom. The minimum atomic E-state index is -0.560. The minimum absolute atomic E-state index is 0.382. The maximum atomic E-state index is 2.43. The van der Waals surface area contributed by atoms with Gasteiger partial charge in [0.25, 0.3) is 0 Å². The summed E-state index contributed by atoms with van der Waals surface area (Å²) >= 11 is 0. The molecule has 0 spiro atoms. The summed E-state index contributed by atoms with van der Waals surface area (Å²) in [5.41, 5.74) is 4.98. The van der Waals surface area contributed by atoms with Crippen LogP contribution in [0.2, 0.25) is 0 Å². The van der Waals surface area contributed by atoms with E-state index in [-0.39, 0.29) is 0 Å². The molecule has 2 aliphatic carbocycles. The van der Waals surface area contributed by atoms with Crippen LogP contribution in [0.3, 0.4) is 0 Å². The molecule has 0 aromatic heterocycles. The number of rotatable bonds is 8. The van der Waals surface area contributed by atoms with E-state index >= 15 is 0 Å². The van der Waals surface area contributed by atoms with Gasteiger partial charge in [0.2, 0.25) is 0 Å². The van der Waals surface area contributed by atoms with Gasteiger partial charge < -0.3 is 0 Å². The van der Waals surface area contributed by atoms with Crippen LogP contribution in [-0.2, 0) is 0 Å². The Hall–Kier alpha value is -3.56. The third kappa shape index (κ3) is 5.40. The Morgan fingerprint density at radius 1 is 0.600 bits per heavy atom. The highest BCUT2D eigenvalue weighted by atomic mass is 31.1. The van der Waals surface area contributed by atoms with Crippen molar-refractivity contribution < 1.29 is 0 Å². The summed E-state index contributed by atoms with van der Waals surface area (Å²) in [6.45, 7) is 4.86. The number of allylic oxidation sites excluding steroid dienone is 8. The Balaban J connectivity index is 1.38. The van der Waals surface area contributed by atoms with Crippen LogP contribution in [-0.4, -0.2) is 11.3 Å². The second-order valence-corrected chi connectivity index (χ2v) is 15.3. The average molecular weight is 553 g/mol. The van der Waals surface area contributed by atoms with E-state index in [4.69, 9.17) is 0 Å². The first kappa shape index (κ1) is 26.7. The van der Waals surface area contributed by atoms with E-state index in [0.717, 1.165) is 0 Å². The minimum Gasteiger partial charge on any atom is -0.290 e. The van der Waals surface area contributed by atoms with Crippen LogP contribution in [0, 0.1) is 12.3 Å². The van der Waals surface area contributed by atoms with Gasteiger partial charge in [-0.1, -0.05) is 161 Å². The van der Waals surface area contributed by atoms with Gasteiger partial charge in [-0.15, -0.1) is 11.6 Å². The van der Waals surface area contributed by atoms with Crippen LogP contribution in [0.4, 0.5) is 0 Å². The molecule has 0 saturated carbocycles. The van der Waals surface area contributed by atoms with Crippen molar-refractivity contribution >= 4 is 37.1 Å². The van der Waals surface area contributed by atoms with Gasteiger partial charge >= 0.3 is 0 Å². The monoisotopic (exact) mass is 552 g/mol. The third-order valence-corrected chi connectivity index (χ3v) is 13.3. The Bertz CT molecular complexity index is 1450. The molecule has 2 aliphatic rings. The number of hydrogen-bond donors (Lipinski definition) is 0. The van der Waals surface area contributed by atoms with E-state index in [9.17, 15) is 0 Å². The van der Waals surface area contributed by atoms with E-state index in [1.807, 2.05) is 0 Å². The summed E-state index contributed by atoms with van der Waals surface area (Å²) < 4.78 is 0. The molecule has 0 bridgehead atoms. The van der Waals surface area contributed by atoms with Crippen LogP contribution in [0.15, 0.2) is 168 Å². The van der Waals surface area contributed by atoms with Gasteiger partial charge in [0.05, 0.1) is 0 Å². The van der Waals surface area contributed by atoms with Crippen LogP contribution in [0.1, 0.15) is 13.8 Å². The van der Waals surface area contributed by atoms with Crippen LogP contribution >= 0.6 is 15.8 Å². The molecule has 2 heteroatoms. The normalized spacial score (nSPS) is 17.8. The SMILES string of the molecule is C[C@@H](C1=CC=C/C1=C1/[CH-]C=C[C-]1[C@H](C)P(c1ccccc1)c1ccccc1)P(c1ccccc1)c1ccccc1. The predicted octanol–water partition coefficient (Wildman–Crippen LogP) is 8.17. The summed E-state index contributed by atoms with van der Waals surface area (Å²) in [5, 5.41) is 5.71. The lowest BCUT2D eigenvalue weighted by molar-refractivity contribution is 1.02. The van der Waals surface area contributed by atoms with Gasteiger partial charge in [-0.2, -0.15) is 5.57 Å². The molecular weight excluding hydrogens is 518 g/mol. The largest absolute Gasteiger partial charge is 0.290 e. The first-order valence-electron chi connectivity index (χ1n) is 14.0. The fourth-order valence-corrected chi connectivity index (χ4v) is 11.3. The van der Waals surface area contributed by atoms with Crippen molar-refractivity contribution in [3.8, 4) is 0 Å². The Labute approximate surface area is 242 Å². The van der Waals surface area contributed by atoms with E-state index in [1.165, 1.54) is 43.9 Å². The predicted molar refractivity (Wildman–Crippen MR) is 178 cm³/mol. The van der Waals surface area contributed by atoms with Gasteiger partial charge in [0, 0.05) is 0 Å². The molecule has 0 radical (unpaired) electrons. The average Bonchev–Trinajstić information content (AvgIpc) is 3.70. The lowest BCUT2D eigenvalue weighted by Crippen LogP contribution is -2.25. The van der Waals surface area contributed by atoms with Gasteiger partial charge in [-0.05, 0) is 34.8 Å². The molecule has 4 aromatic rings. The lowest BCUT2D eigenvalue weighted by atomic mass is 9.91. The Kier molecular flexibility index (Phi) is 8.20. The number of hydrogen-bond acceptors (Lipinski definition) is 0. The van der Waals surface area contributed by atoms with Crippen molar-refractivity contribution in [2.45, 2.75) is 25.2 Å². The van der Waals surface area contributed by atoms with E-state index in [2.05, 4.69) is 172 Å². The fourth-order valence-electron chi connectivity index (χ4n) is 5.91. The molecule has 6 rings (SSSR count). The van der Waals surface area contributed by atoms with Crippen LogP contribution < -0.4 is 21.2 Å². The topological polar surface area (TPSA) is 0 Å². The molecule has 0 nitrogen and oxygen atoms in total. The smallest absolute Gasteiger partial charge is 0.00663 e. The summed E-state index contributed by atoms with van der Waals surface area (Å²) in [4.78, 5) is 0. The molecule has 0 aliphatic heterocycles. The van der Waals surface area contributed by atoms with Gasteiger partial charge in [0.15, 0.2) is 0 Å². The van der Waals surface area contributed by atoms with E-state index < -0.39 is 15.8 Å². The van der Waals surface area contributed by atoms with Crippen molar-refractivity contribution in [3.05, 3.63) is 181 Å². The van der Waals surface area contributed by atoms with Crippen molar-refractivity contribution in [1.82, 2.24) is 0 Å². The van der Waals surface area contributed by atoms with E-state index in [0.29, 0.717) is 11.3 Å². The molecule has 0 heterocycles. The highest BCUT2D eigenvalue weighted by Gasteiger charge is 2.26. The van der Waals surface area contributed by atoms with Crippen molar-refractivity contribution in [1.29, 1.82) is 0 Å². The van der Waals surface area contributed by atoms with Gasteiger partial charge in [-0.3, -0.25) is 17.6 Å². The second-order valence-electron chi connectivity index (χ2n) is 10.2. The first-order valence-corrected chi connectivity index (χ1v) is 16.8. The Morgan fingerprint density at radius 3 is 1.52 bits per heavy atom. The maximum absolute atomic E-state index is 2.43. The van der Waals surface area contributed by atoms with Gasteiger partial charge in [-0.25, -0.2) is 12.5 Å². The summed E-state index contributed by atoms with van der Waals surface area (Å²) in [7, 11) is -1.12. The van der Waals surface area contributed by atoms with Crippen LogP contribution in [0.5, 0.6) is 0 Å². The van der Waals surface area contributed by atoms with Crippen LogP contribution in [0.25, 0.3) is 0 Å². The summed E-state index contributed by atoms with van der Waals surface area (Å²) in [6.07, 6.45) is 13.9. The highest BCUT2D eigenvalue weighted by Crippen LogP contribution is 2.52. The molecule has 0 saturated heterocycles. The lowest BCUT2D eigenvalue weighted by Gasteiger charge is -2.44. The summed E-state index contributed by atoms with van der Waals surface area (Å²) in [5.74, 6) is 1.45. The molecule has 2 atom stereocenters. The third-order valence-electron chi connectivity index (χ3n) is 7.80. The molecule has 198 valence electrons. The first-order chi connectivity index (χ1) is 19.7. The molecular formula is C38H34P2-2. The van der Waals surface area contributed by atoms with Crippen molar-refractivity contribution in [3.63, 3.8) is 0 Å². The van der Waals surface area contributed by atoms with Crippen molar-refractivity contribution in [2.24, 2.45) is 0 Å². The van der Waals surface area contributed by atoms with Crippen molar-refractivity contribution in [2.75, 3.05) is 0 Å². The standard InChI is InChI=1S/C38H34P2/c1-29(39(31-17-7-3-8-18-31)32-19-9-4-10-20-32)35-25-15-27-37(35)38-28-16-26-36(38)30(2)40(33-21-11-5-12-22-33)34-23-13-6-14-24-34/h3-30H,1-2H3/q-2/b38-37+/t29-,30-/m0/s1.